The summed E-state index contributed by atoms with van der Waals surface area (Å²) >= 11 is 0. The predicted octanol–water partition coefficient (Wildman–Crippen LogP) is 8.16. The summed E-state index contributed by atoms with van der Waals surface area (Å²) in [5, 5.41) is 18.9. The molecule has 2 aromatic heterocycles. The van der Waals surface area contributed by atoms with E-state index in [0.29, 0.717) is 59.3 Å². The molecule has 0 radical (unpaired) electrons. The van der Waals surface area contributed by atoms with Crippen molar-refractivity contribution >= 4 is 34.9 Å². The third-order valence-corrected chi connectivity index (χ3v) is 7.61. The minimum atomic E-state index is -0.808. The number of benzene rings is 2. The van der Waals surface area contributed by atoms with Crippen molar-refractivity contribution in [3.05, 3.63) is 72.4 Å². The summed E-state index contributed by atoms with van der Waals surface area (Å²) in [4.78, 5) is 30.5. The molecule has 4 aromatic rings. The predicted molar refractivity (Wildman–Crippen MR) is 186 cm³/mol. The number of aromatic nitrogens is 2. The van der Waals surface area contributed by atoms with Gasteiger partial charge in [0.15, 0.2) is 5.82 Å². The molecule has 0 spiro atoms. The minimum Gasteiger partial charge on any atom is -0.494 e. The Kier molecular flexibility index (Phi) is 9.85. The Hall–Kier alpha value is -5.24. The number of hydrogen-bond acceptors (Lipinski definition) is 8. The van der Waals surface area contributed by atoms with Crippen LogP contribution < -0.4 is 15.0 Å². The van der Waals surface area contributed by atoms with Gasteiger partial charge in [-0.25, -0.2) is 19.0 Å². The standard InChI is InChI=1S/C37H44N6O5/c1-8-46-28-18-16-27(17-19-28)42(35(45)48-37(5,6)7)33-31(25-13-10-9-11-14-25)32(29(23-38)30-20-21-39-43(30)33)40-26-15-12-22-41(24-26)34(44)47-36(2,3)4/h9-11,13-14,16-21,26,40H,8,12,15,22,24H2,1-7H3. The molecular weight excluding hydrogens is 608 g/mol. The van der Waals surface area contributed by atoms with E-state index in [2.05, 4.69) is 16.5 Å². The van der Waals surface area contributed by atoms with Gasteiger partial charge in [0.1, 0.15) is 28.6 Å². The number of likely N-dealkylation sites (tertiary alicyclic amines) is 1. The van der Waals surface area contributed by atoms with E-state index in [9.17, 15) is 14.9 Å². The van der Waals surface area contributed by atoms with Crippen LogP contribution in [0.15, 0.2) is 66.9 Å². The third-order valence-electron chi connectivity index (χ3n) is 7.61. The normalized spacial score (nSPS) is 15.0. The van der Waals surface area contributed by atoms with Gasteiger partial charge in [-0.15, -0.1) is 0 Å². The summed E-state index contributed by atoms with van der Waals surface area (Å²) in [5.74, 6) is 1.05. The summed E-state index contributed by atoms with van der Waals surface area (Å²) in [5.41, 5.74) is 1.82. The average Bonchev–Trinajstić information content (AvgIpc) is 3.51. The zero-order valence-electron chi connectivity index (χ0n) is 28.7. The monoisotopic (exact) mass is 652 g/mol. The van der Waals surface area contributed by atoms with E-state index >= 15 is 0 Å². The second-order valence-electron chi connectivity index (χ2n) is 13.7. The van der Waals surface area contributed by atoms with Crippen LogP contribution in [0.4, 0.5) is 26.8 Å². The molecule has 5 rings (SSSR count). The summed E-state index contributed by atoms with van der Waals surface area (Å²) < 4.78 is 19.0. The van der Waals surface area contributed by atoms with Crippen molar-refractivity contribution in [2.24, 2.45) is 0 Å². The zero-order valence-corrected chi connectivity index (χ0v) is 28.7. The van der Waals surface area contributed by atoms with Crippen molar-refractivity contribution in [1.29, 1.82) is 5.26 Å². The van der Waals surface area contributed by atoms with E-state index in [4.69, 9.17) is 14.2 Å². The van der Waals surface area contributed by atoms with Crippen LogP contribution in [0.2, 0.25) is 0 Å². The SMILES string of the molecule is CCOc1ccc(N(C(=O)OC(C)(C)C)c2c(-c3ccccc3)c(NC3CCCN(C(=O)OC(C)(C)C)C3)c(C#N)c3ccnn23)cc1. The van der Waals surface area contributed by atoms with Crippen LogP contribution in [0.25, 0.3) is 16.6 Å². The van der Waals surface area contributed by atoms with Gasteiger partial charge in [0.2, 0.25) is 0 Å². The lowest BCUT2D eigenvalue weighted by Gasteiger charge is -2.36. The zero-order chi connectivity index (χ0) is 34.6. The fourth-order valence-corrected chi connectivity index (χ4v) is 5.75. The van der Waals surface area contributed by atoms with Gasteiger partial charge in [-0.2, -0.15) is 10.4 Å². The number of amides is 2. The molecule has 252 valence electrons. The Labute approximate surface area is 282 Å². The highest BCUT2D eigenvalue weighted by molar-refractivity contribution is 6.05. The molecule has 2 amide bonds. The van der Waals surface area contributed by atoms with Crippen LogP contribution >= 0.6 is 0 Å². The fourth-order valence-electron chi connectivity index (χ4n) is 5.75. The van der Waals surface area contributed by atoms with Gasteiger partial charge < -0.3 is 24.4 Å². The van der Waals surface area contributed by atoms with E-state index in [1.165, 1.54) is 4.90 Å². The smallest absolute Gasteiger partial charge is 0.420 e. The number of hydrogen-bond donors (Lipinski definition) is 1. The first-order valence-corrected chi connectivity index (χ1v) is 16.3. The molecule has 1 saturated heterocycles. The Morgan fingerprint density at radius 1 is 1.00 bits per heavy atom. The highest BCUT2D eigenvalue weighted by atomic mass is 16.6. The first-order chi connectivity index (χ1) is 22.8. The van der Waals surface area contributed by atoms with Gasteiger partial charge in [0.25, 0.3) is 0 Å². The summed E-state index contributed by atoms with van der Waals surface area (Å²) in [6, 6.07) is 20.7. The van der Waals surface area contributed by atoms with Gasteiger partial charge in [-0.3, -0.25) is 0 Å². The number of nitrogens with zero attached hydrogens (tertiary/aromatic N) is 5. The summed E-state index contributed by atoms with van der Waals surface area (Å²) in [6.07, 6.45) is 2.11. The molecule has 0 bridgehead atoms. The molecule has 0 aliphatic carbocycles. The van der Waals surface area contributed by atoms with Gasteiger partial charge in [-0.1, -0.05) is 30.3 Å². The van der Waals surface area contributed by atoms with E-state index in [0.717, 1.165) is 18.4 Å². The van der Waals surface area contributed by atoms with Crippen molar-refractivity contribution in [2.45, 2.75) is 78.6 Å². The van der Waals surface area contributed by atoms with Crippen LogP contribution in [-0.2, 0) is 9.47 Å². The quantitative estimate of drug-likeness (QED) is 0.212. The molecule has 1 aliphatic rings. The van der Waals surface area contributed by atoms with Crippen LogP contribution in [0, 0.1) is 11.3 Å². The first-order valence-electron chi connectivity index (χ1n) is 16.3. The molecule has 1 aliphatic heterocycles. The molecule has 2 aromatic carbocycles. The van der Waals surface area contributed by atoms with Crippen molar-refractivity contribution < 1.29 is 23.8 Å². The lowest BCUT2D eigenvalue weighted by Crippen LogP contribution is -2.47. The van der Waals surface area contributed by atoms with E-state index in [-0.39, 0.29) is 12.1 Å². The maximum absolute atomic E-state index is 14.3. The number of nitrogens with one attached hydrogen (secondary N) is 1. The maximum Gasteiger partial charge on any atom is 0.420 e. The second-order valence-corrected chi connectivity index (χ2v) is 13.7. The number of anilines is 3. The molecule has 1 atom stereocenters. The minimum absolute atomic E-state index is 0.209. The van der Waals surface area contributed by atoms with Gasteiger partial charge in [0.05, 0.1) is 29.7 Å². The molecule has 0 saturated carbocycles. The first kappa shape index (κ1) is 34.1. The fraction of sp³-hybridized carbons (Fsp3) is 0.405. The molecule has 3 heterocycles. The van der Waals surface area contributed by atoms with Crippen LogP contribution in [0.1, 0.15) is 66.9 Å². The molecule has 11 heteroatoms. The van der Waals surface area contributed by atoms with E-state index in [1.807, 2.05) is 78.8 Å². The van der Waals surface area contributed by atoms with Crippen LogP contribution in [-0.4, -0.2) is 63.6 Å². The number of pyridine rings is 1. The van der Waals surface area contributed by atoms with Crippen LogP contribution in [0.5, 0.6) is 5.75 Å². The van der Waals surface area contributed by atoms with Crippen molar-refractivity contribution in [1.82, 2.24) is 14.5 Å². The van der Waals surface area contributed by atoms with E-state index in [1.54, 1.807) is 45.9 Å². The van der Waals surface area contributed by atoms with Crippen LogP contribution in [0.3, 0.4) is 0 Å². The largest absolute Gasteiger partial charge is 0.494 e. The molecular formula is C37H44N6O5. The average molecular weight is 653 g/mol. The number of nitriles is 1. The van der Waals surface area contributed by atoms with Gasteiger partial charge >= 0.3 is 12.2 Å². The van der Waals surface area contributed by atoms with Crippen molar-refractivity contribution in [3.63, 3.8) is 0 Å². The van der Waals surface area contributed by atoms with Gasteiger partial charge in [-0.05, 0) is 97.2 Å². The highest BCUT2D eigenvalue weighted by Crippen LogP contribution is 2.45. The number of ether oxygens (including phenoxy) is 3. The number of fused-ring (bicyclic) bond motifs is 1. The highest BCUT2D eigenvalue weighted by Gasteiger charge is 2.34. The Bertz CT molecular complexity index is 1800. The number of rotatable bonds is 7. The number of carbonyl (C=O) groups excluding carboxylic acids is 2. The Morgan fingerprint density at radius 3 is 2.31 bits per heavy atom. The second kappa shape index (κ2) is 13.9. The topological polar surface area (TPSA) is 121 Å². The Balaban J connectivity index is 1.74. The summed E-state index contributed by atoms with van der Waals surface area (Å²) in [6.45, 7) is 14.3. The Morgan fingerprint density at radius 2 is 1.69 bits per heavy atom. The number of piperidine rings is 1. The van der Waals surface area contributed by atoms with Crippen molar-refractivity contribution in [3.8, 4) is 22.9 Å². The molecule has 1 unspecified atom stereocenters. The molecule has 1 N–H and O–H groups in total. The molecule has 48 heavy (non-hydrogen) atoms. The lowest BCUT2D eigenvalue weighted by atomic mass is 9.97. The van der Waals surface area contributed by atoms with Gasteiger partial charge in [0, 0.05) is 24.7 Å². The van der Waals surface area contributed by atoms with E-state index < -0.39 is 17.3 Å². The summed E-state index contributed by atoms with van der Waals surface area (Å²) in [7, 11) is 0. The maximum atomic E-state index is 14.3. The molecule has 1 fully saturated rings. The van der Waals surface area contributed by atoms with Crippen molar-refractivity contribution in [2.75, 3.05) is 29.9 Å². The lowest BCUT2D eigenvalue weighted by molar-refractivity contribution is 0.0206. The molecule has 11 nitrogen and oxygen atoms in total. The number of carbonyl (C=O) groups is 2. The third kappa shape index (κ3) is 7.65.